The molecule has 0 fully saturated rings. The first-order valence-corrected chi connectivity index (χ1v) is 4.84. The summed E-state index contributed by atoms with van der Waals surface area (Å²) >= 11 is 0. The summed E-state index contributed by atoms with van der Waals surface area (Å²) in [6.45, 7) is 4.05. The van der Waals surface area contributed by atoms with Crippen LogP contribution < -0.4 is 11.1 Å². The molecule has 0 saturated carbocycles. The number of hydrogen-bond donors (Lipinski definition) is 2. The van der Waals surface area contributed by atoms with Gasteiger partial charge >= 0.3 is 0 Å². The molecule has 1 rings (SSSR count). The van der Waals surface area contributed by atoms with E-state index in [1.807, 2.05) is 13.8 Å². The number of non-ortho nitro benzene ring substituents is 1. The molecule has 0 aliphatic carbocycles. The van der Waals surface area contributed by atoms with Gasteiger partial charge in [0.25, 0.3) is 5.69 Å². The van der Waals surface area contributed by atoms with E-state index >= 15 is 0 Å². The minimum Gasteiger partial charge on any atom is -0.398 e. The van der Waals surface area contributed by atoms with E-state index in [2.05, 4.69) is 5.32 Å². The SMILES string of the molecule is CCC(C)Nc1cc(N)cc([N+](=O)[O-])c1. The summed E-state index contributed by atoms with van der Waals surface area (Å²) in [4.78, 5) is 10.1. The van der Waals surface area contributed by atoms with E-state index in [1.54, 1.807) is 6.07 Å². The first-order valence-electron chi connectivity index (χ1n) is 4.84. The van der Waals surface area contributed by atoms with Crippen LogP contribution in [0, 0.1) is 10.1 Å². The van der Waals surface area contributed by atoms with Gasteiger partial charge in [0.2, 0.25) is 0 Å². The summed E-state index contributed by atoms with van der Waals surface area (Å²) < 4.78 is 0. The lowest BCUT2D eigenvalue weighted by molar-refractivity contribution is -0.384. The first-order chi connectivity index (χ1) is 7.02. The highest BCUT2D eigenvalue weighted by molar-refractivity contribution is 5.61. The second kappa shape index (κ2) is 4.63. The molecule has 1 atom stereocenters. The van der Waals surface area contributed by atoms with E-state index in [0.717, 1.165) is 6.42 Å². The van der Waals surface area contributed by atoms with Gasteiger partial charge in [0.1, 0.15) is 0 Å². The second-order valence-corrected chi connectivity index (χ2v) is 3.52. The van der Waals surface area contributed by atoms with Crippen molar-refractivity contribution in [2.24, 2.45) is 0 Å². The molecule has 0 saturated heterocycles. The van der Waals surface area contributed by atoms with Crippen molar-refractivity contribution in [3.8, 4) is 0 Å². The highest BCUT2D eigenvalue weighted by Crippen LogP contribution is 2.22. The van der Waals surface area contributed by atoms with Crippen LogP contribution in [0.25, 0.3) is 0 Å². The molecule has 0 aliphatic heterocycles. The van der Waals surface area contributed by atoms with Gasteiger partial charge in [-0.3, -0.25) is 10.1 Å². The van der Waals surface area contributed by atoms with Gasteiger partial charge in [0.05, 0.1) is 4.92 Å². The highest BCUT2D eigenvalue weighted by atomic mass is 16.6. The largest absolute Gasteiger partial charge is 0.398 e. The predicted molar refractivity (Wildman–Crippen MR) is 60.9 cm³/mol. The molecule has 0 radical (unpaired) electrons. The molecule has 1 aromatic rings. The molecule has 15 heavy (non-hydrogen) atoms. The third-order valence-corrected chi connectivity index (χ3v) is 2.18. The van der Waals surface area contributed by atoms with Crippen LogP contribution in [0.15, 0.2) is 18.2 Å². The van der Waals surface area contributed by atoms with Crippen LogP contribution in [0.2, 0.25) is 0 Å². The number of nitrogens with one attached hydrogen (secondary N) is 1. The van der Waals surface area contributed by atoms with Crippen molar-refractivity contribution in [3.63, 3.8) is 0 Å². The Morgan fingerprint density at radius 2 is 2.20 bits per heavy atom. The lowest BCUT2D eigenvalue weighted by Gasteiger charge is -2.13. The summed E-state index contributed by atoms with van der Waals surface area (Å²) in [5.41, 5.74) is 6.67. The van der Waals surface area contributed by atoms with E-state index in [1.165, 1.54) is 12.1 Å². The average Bonchev–Trinajstić information content (AvgIpc) is 2.16. The molecule has 0 aliphatic rings. The van der Waals surface area contributed by atoms with Crippen LogP contribution in [0.4, 0.5) is 17.1 Å². The van der Waals surface area contributed by atoms with Crippen molar-refractivity contribution >= 4 is 17.1 Å². The molecule has 0 heterocycles. The van der Waals surface area contributed by atoms with Gasteiger partial charge in [0.15, 0.2) is 0 Å². The summed E-state index contributed by atoms with van der Waals surface area (Å²) in [6.07, 6.45) is 0.947. The quantitative estimate of drug-likeness (QED) is 0.453. The Labute approximate surface area is 88.4 Å². The molecular formula is C10H15N3O2. The standard InChI is InChI=1S/C10H15N3O2/c1-3-7(2)12-9-4-8(11)5-10(6-9)13(14)15/h4-7,12H,3,11H2,1-2H3. The summed E-state index contributed by atoms with van der Waals surface area (Å²) in [6, 6.07) is 4.80. The predicted octanol–water partition coefficient (Wildman–Crippen LogP) is 2.39. The van der Waals surface area contributed by atoms with Gasteiger partial charge < -0.3 is 11.1 Å². The maximum absolute atomic E-state index is 10.6. The smallest absolute Gasteiger partial charge is 0.273 e. The van der Waals surface area contributed by atoms with E-state index in [9.17, 15) is 10.1 Å². The Hall–Kier alpha value is -1.78. The van der Waals surface area contributed by atoms with Crippen molar-refractivity contribution < 1.29 is 4.92 Å². The van der Waals surface area contributed by atoms with Crippen LogP contribution in [0.1, 0.15) is 20.3 Å². The Bertz CT molecular complexity index is 366. The number of nitrogens with two attached hydrogens (primary N) is 1. The van der Waals surface area contributed by atoms with E-state index in [4.69, 9.17) is 5.73 Å². The molecule has 5 heteroatoms. The fraction of sp³-hybridized carbons (Fsp3) is 0.400. The van der Waals surface area contributed by atoms with Gasteiger partial charge in [-0.2, -0.15) is 0 Å². The lowest BCUT2D eigenvalue weighted by Crippen LogP contribution is -2.13. The zero-order valence-electron chi connectivity index (χ0n) is 8.86. The van der Waals surface area contributed by atoms with Crippen LogP contribution in [-0.4, -0.2) is 11.0 Å². The van der Waals surface area contributed by atoms with Crippen LogP contribution >= 0.6 is 0 Å². The van der Waals surface area contributed by atoms with Crippen LogP contribution in [-0.2, 0) is 0 Å². The Morgan fingerprint density at radius 1 is 1.53 bits per heavy atom. The number of rotatable bonds is 4. The van der Waals surface area contributed by atoms with E-state index in [0.29, 0.717) is 11.4 Å². The molecule has 1 unspecified atom stereocenters. The van der Waals surface area contributed by atoms with E-state index in [-0.39, 0.29) is 11.7 Å². The van der Waals surface area contributed by atoms with Gasteiger partial charge in [-0.1, -0.05) is 6.92 Å². The van der Waals surface area contributed by atoms with Crippen LogP contribution in [0.5, 0.6) is 0 Å². The molecule has 0 bridgehead atoms. The van der Waals surface area contributed by atoms with E-state index < -0.39 is 4.92 Å². The van der Waals surface area contributed by atoms with Gasteiger partial charge in [0, 0.05) is 29.5 Å². The second-order valence-electron chi connectivity index (χ2n) is 3.52. The summed E-state index contributed by atoms with van der Waals surface area (Å²) in [7, 11) is 0. The number of benzene rings is 1. The molecule has 1 aromatic carbocycles. The number of anilines is 2. The fourth-order valence-corrected chi connectivity index (χ4v) is 1.21. The molecule has 0 aromatic heterocycles. The maximum atomic E-state index is 10.6. The third kappa shape index (κ3) is 3.12. The summed E-state index contributed by atoms with van der Waals surface area (Å²) in [5, 5.41) is 13.7. The zero-order chi connectivity index (χ0) is 11.4. The zero-order valence-corrected chi connectivity index (χ0v) is 8.86. The number of nitrogens with zero attached hydrogens (tertiary/aromatic N) is 1. The molecular weight excluding hydrogens is 194 g/mol. The minimum absolute atomic E-state index is 0.0146. The first kappa shape index (κ1) is 11.3. The monoisotopic (exact) mass is 209 g/mol. The van der Waals surface area contributed by atoms with Crippen molar-refractivity contribution in [2.45, 2.75) is 26.3 Å². The van der Waals surface area contributed by atoms with Crippen molar-refractivity contribution in [2.75, 3.05) is 11.1 Å². The molecule has 0 spiro atoms. The number of nitro benzene ring substituents is 1. The topological polar surface area (TPSA) is 81.2 Å². The Morgan fingerprint density at radius 3 is 2.73 bits per heavy atom. The van der Waals surface area contributed by atoms with Crippen LogP contribution in [0.3, 0.4) is 0 Å². The number of nitro groups is 1. The van der Waals surface area contributed by atoms with Crippen molar-refractivity contribution in [3.05, 3.63) is 28.3 Å². The Balaban J connectivity index is 2.93. The summed E-state index contributed by atoms with van der Waals surface area (Å²) in [5.74, 6) is 0. The van der Waals surface area contributed by atoms with Crippen molar-refractivity contribution in [1.82, 2.24) is 0 Å². The van der Waals surface area contributed by atoms with Gasteiger partial charge in [-0.05, 0) is 19.4 Å². The fourth-order valence-electron chi connectivity index (χ4n) is 1.21. The molecule has 82 valence electrons. The third-order valence-electron chi connectivity index (χ3n) is 2.18. The number of hydrogen-bond acceptors (Lipinski definition) is 4. The maximum Gasteiger partial charge on any atom is 0.273 e. The number of nitrogen functional groups attached to an aromatic ring is 1. The molecule has 3 N–H and O–H groups in total. The average molecular weight is 209 g/mol. The van der Waals surface area contributed by atoms with Crippen molar-refractivity contribution in [1.29, 1.82) is 0 Å². The normalized spacial score (nSPS) is 12.1. The molecule has 0 amide bonds. The lowest BCUT2D eigenvalue weighted by atomic mass is 10.2. The highest BCUT2D eigenvalue weighted by Gasteiger charge is 2.09. The molecule has 5 nitrogen and oxygen atoms in total. The van der Waals surface area contributed by atoms with Gasteiger partial charge in [-0.15, -0.1) is 0 Å². The minimum atomic E-state index is -0.446. The Kier molecular flexibility index (Phi) is 3.49. The van der Waals surface area contributed by atoms with Gasteiger partial charge in [-0.25, -0.2) is 0 Å².